The number of hydrogen-bond donors (Lipinski definition) is 0. The summed E-state index contributed by atoms with van der Waals surface area (Å²) in [6, 6.07) is 5.46. The molecule has 0 radical (unpaired) electrons. The third-order valence-electron chi connectivity index (χ3n) is 2.62. The van der Waals surface area contributed by atoms with Crippen molar-refractivity contribution in [2.45, 2.75) is 13.5 Å². The first kappa shape index (κ1) is 12.2. The quantitative estimate of drug-likeness (QED) is 0.813. The van der Waals surface area contributed by atoms with E-state index in [2.05, 4.69) is 0 Å². The molecule has 17 heavy (non-hydrogen) atoms. The fraction of sp³-hybridized carbons (Fsp3) is 0.455. The molecule has 1 aromatic carbocycles. The summed E-state index contributed by atoms with van der Waals surface area (Å²) in [4.78, 5) is 0. The summed E-state index contributed by atoms with van der Waals surface area (Å²) in [5, 5.41) is 0. The number of sulfonamides is 1. The first-order chi connectivity index (χ1) is 8.00. The smallest absolute Gasteiger partial charge is 0.231 e. The Bertz CT molecular complexity index is 512. The van der Waals surface area contributed by atoms with Crippen LogP contribution >= 0.6 is 0 Å². The lowest BCUT2D eigenvalue weighted by molar-refractivity contribution is 0.174. The Balaban J connectivity index is 2.19. The Hall–Kier alpha value is -1.27. The van der Waals surface area contributed by atoms with Crippen LogP contribution in [0.4, 0.5) is 0 Å². The number of rotatable bonds is 4. The van der Waals surface area contributed by atoms with E-state index in [4.69, 9.17) is 9.47 Å². The highest BCUT2D eigenvalue weighted by Gasteiger charge is 2.17. The molecule has 2 rings (SSSR count). The Kier molecular flexibility index (Phi) is 3.26. The fourth-order valence-corrected chi connectivity index (χ4v) is 2.56. The van der Waals surface area contributed by atoms with Crippen LogP contribution in [-0.2, 0) is 16.6 Å². The minimum atomic E-state index is -3.17. The second-order valence-electron chi connectivity index (χ2n) is 3.88. The van der Waals surface area contributed by atoms with Crippen LogP contribution in [0, 0.1) is 0 Å². The van der Waals surface area contributed by atoms with Crippen LogP contribution in [0.15, 0.2) is 18.2 Å². The normalized spacial score (nSPS) is 14.3. The van der Waals surface area contributed by atoms with E-state index in [1.54, 1.807) is 6.07 Å². The van der Waals surface area contributed by atoms with Gasteiger partial charge in [0.05, 0.1) is 6.26 Å². The Morgan fingerprint density at radius 2 is 2.00 bits per heavy atom. The topological polar surface area (TPSA) is 55.8 Å². The standard InChI is InChI=1S/C11H15NO4S/c1-3-12(17(2,13)14)7-9-4-5-10-11(6-9)16-8-15-10/h4-6H,3,7-8H2,1-2H3. The van der Waals surface area contributed by atoms with E-state index in [-0.39, 0.29) is 6.79 Å². The van der Waals surface area contributed by atoms with Crippen molar-refractivity contribution in [2.24, 2.45) is 0 Å². The molecule has 1 aromatic rings. The molecule has 94 valence electrons. The van der Waals surface area contributed by atoms with Crippen molar-refractivity contribution < 1.29 is 17.9 Å². The van der Waals surface area contributed by atoms with Crippen LogP contribution in [0.3, 0.4) is 0 Å². The second-order valence-corrected chi connectivity index (χ2v) is 5.86. The van der Waals surface area contributed by atoms with Gasteiger partial charge in [-0.3, -0.25) is 0 Å². The summed E-state index contributed by atoms with van der Waals surface area (Å²) in [6.45, 7) is 2.84. The number of hydrogen-bond acceptors (Lipinski definition) is 4. The van der Waals surface area contributed by atoms with Crippen molar-refractivity contribution in [3.63, 3.8) is 0 Å². The molecule has 0 fully saturated rings. The van der Waals surface area contributed by atoms with Crippen molar-refractivity contribution >= 4 is 10.0 Å². The van der Waals surface area contributed by atoms with Crippen LogP contribution in [0.5, 0.6) is 11.5 Å². The Morgan fingerprint density at radius 1 is 1.29 bits per heavy atom. The van der Waals surface area contributed by atoms with Gasteiger partial charge in [-0.1, -0.05) is 13.0 Å². The van der Waals surface area contributed by atoms with E-state index < -0.39 is 10.0 Å². The summed E-state index contributed by atoms with van der Waals surface area (Å²) < 4.78 is 34.8. The first-order valence-corrected chi connectivity index (χ1v) is 7.19. The average Bonchev–Trinajstić information content (AvgIpc) is 2.71. The van der Waals surface area contributed by atoms with Gasteiger partial charge in [-0.15, -0.1) is 0 Å². The maximum absolute atomic E-state index is 11.5. The van der Waals surface area contributed by atoms with Gasteiger partial charge in [0, 0.05) is 13.1 Å². The van der Waals surface area contributed by atoms with Crippen molar-refractivity contribution in [2.75, 3.05) is 19.6 Å². The molecular weight excluding hydrogens is 242 g/mol. The van der Waals surface area contributed by atoms with Crippen molar-refractivity contribution in [3.8, 4) is 11.5 Å². The van der Waals surface area contributed by atoms with Crippen LogP contribution in [0.1, 0.15) is 12.5 Å². The van der Waals surface area contributed by atoms with E-state index in [9.17, 15) is 8.42 Å². The molecule has 6 heteroatoms. The summed E-state index contributed by atoms with van der Waals surface area (Å²) >= 11 is 0. The molecule has 0 atom stereocenters. The number of fused-ring (bicyclic) bond motifs is 1. The van der Waals surface area contributed by atoms with Gasteiger partial charge in [-0.25, -0.2) is 8.42 Å². The van der Waals surface area contributed by atoms with Gasteiger partial charge < -0.3 is 9.47 Å². The summed E-state index contributed by atoms with van der Waals surface area (Å²) in [6.07, 6.45) is 1.21. The van der Waals surface area contributed by atoms with E-state index in [1.165, 1.54) is 10.6 Å². The highest BCUT2D eigenvalue weighted by molar-refractivity contribution is 7.88. The zero-order valence-corrected chi connectivity index (χ0v) is 10.7. The molecule has 0 saturated carbocycles. The van der Waals surface area contributed by atoms with Crippen LogP contribution in [0.2, 0.25) is 0 Å². The predicted octanol–water partition coefficient (Wildman–Crippen LogP) is 1.20. The molecular formula is C11H15NO4S. The highest BCUT2D eigenvalue weighted by Crippen LogP contribution is 2.32. The van der Waals surface area contributed by atoms with E-state index in [0.717, 1.165) is 5.56 Å². The lowest BCUT2D eigenvalue weighted by Crippen LogP contribution is -2.29. The molecule has 0 spiro atoms. The molecule has 0 unspecified atom stereocenters. The molecule has 1 aliphatic heterocycles. The van der Waals surface area contributed by atoms with Crippen molar-refractivity contribution in [1.82, 2.24) is 4.31 Å². The summed E-state index contributed by atoms with van der Waals surface area (Å²) in [7, 11) is -3.17. The zero-order chi connectivity index (χ0) is 12.5. The number of ether oxygens (including phenoxy) is 2. The lowest BCUT2D eigenvalue weighted by atomic mass is 10.2. The number of nitrogens with zero attached hydrogens (tertiary/aromatic N) is 1. The molecule has 0 aromatic heterocycles. The summed E-state index contributed by atoms with van der Waals surface area (Å²) in [5.41, 5.74) is 0.890. The zero-order valence-electron chi connectivity index (χ0n) is 9.84. The van der Waals surface area contributed by atoms with E-state index >= 15 is 0 Å². The van der Waals surface area contributed by atoms with Crippen LogP contribution < -0.4 is 9.47 Å². The van der Waals surface area contributed by atoms with Crippen molar-refractivity contribution in [1.29, 1.82) is 0 Å². The molecule has 0 bridgehead atoms. The SMILES string of the molecule is CCN(Cc1ccc2c(c1)OCO2)S(C)(=O)=O. The molecule has 0 saturated heterocycles. The lowest BCUT2D eigenvalue weighted by Gasteiger charge is -2.17. The molecule has 0 N–H and O–H groups in total. The van der Waals surface area contributed by atoms with E-state index in [0.29, 0.717) is 24.6 Å². The predicted molar refractivity (Wildman–Crippen MR) is 63.5 cm³/mol. The van der Waals surface area contributed by atoms with Gasteiger partial charge in [0.1, 0.15) is 0 Å². The van der Waals surface area contributed by atoms with Crippen LogP contribution in [0.25, 0.3) is 0 Å². The second kappa shape index (κ2) is 4.54. The van der Waals surface area contributed by atoms with Gasteiger partial charge in [-0.2, -0.15) is 4.31 Å². The molecule has 1 aliphatic rings. The fourth-order valence-electron chi connectivity index (χ4n) is 1.71. The van der Waals surface area contributed by atoms with Gasteiger partial charge in [-0.05, 0) is 17.7 Å². The minimum absolute atomic E-state index is 0.225. The van der Waals surface area contributed by atoms with E-state index in [1.807, 2.05) is 19.1 Å². The van der Waals surface area contributed by atoms with Crippen LogP contribution in [-0.4, -0.2) is 32.3 Å². The molecule has 5 nitrogen and oxygen atoms in total. The van der Waals surface area contributed by atoms with Gasteiger partial charge in [0.25, 0.3) is 0 Å². The first-order valence-electron chi connectivity index (χ1n) is 5.34. The van der Waals surface area contributed by atoms with Gasteiger partial charge in [0.2, 0.25) is 16.8 Å². The van der Waals surface area contributed by atoms with Gasteiger partial charge in [0.15, 0.2) is 11.5 Å². The minimum Gasteiger partial charge on any atom is -0.454 e. The van der Waals surface area contributed by atoms with Gasteiger partial charge >= 0.3 is 0 Å². The highest BCUT2D eigenvalue weighted by atomic mass is 32.2. The molecule has 0 aliphatic carbocycles. The Morgan fingerprint density at radius 3 is 2.65 bits per heavy atom. The maximum atomic E-state index is 11.5. The Labute approximate surface area is 101 Å². The maximum Gasteiger partial charge on any atom is 0.231 e. The molecule has 1 heterocycles. The monoisotopic (exact) mass is 257 g/mol. The third-order valence-corrected chi connectivity index (χ3v) is 3.94. The summed E-state index contributed by atoms with van der Waals surface area (Å²) in [5.74, 6) is 1.38. The largest absolute Gasteiger partial charge is 0.454 e. The molecule has 0 amide bonds. The third kappa shape index (κ3) is 2.70. The van der Waals surface area contributed by atoms with Crippen molar-refractivity contribution in [3.05, 3.63) is 23.8 Å². The average molecular weight is 257 g/mol. The number of benzene rings is 1.